The Labute approximate surface area is 209 Å². The minimum absolute atomic E-state index is 0.305. The summed E-state index contributed by atoms with van der Waals surface area (Å²) in [4.78, 5) is 4.97. The Morgan fingerprint density at radius 3 is 1.97 bits per heavy atom. The molecule has 0 radical (unpaired) electrons. The SMILES string of the molecule is CO/N=C1\[C@H](O)[C@H]2CO[C@H](O2)[C@H]1OC/C=[CH]/[Sn]([c]1ccccc1)([c]1ccccc1)[c]1ccccc1. The third-order valence-corrected chi connectivity index (χ3v) is 19.3. The summed E-state index contributed by atoms with van der Waals surface area (Å²) in [5, 5.41) is 14.6. The first kappa shape index (κ1) is 24.2. The molecule has 0 amide bonds. The molecule has 2 aliphatic rings. The molecule has 0 unspecified atom stereocenters. The standard InChI is InChI=1S/C10H14NO5.3C6H5.Sn/c1-3-4-14-9-7(11-13-2)8(12)6-5-15-10(9)16-6;3*1-2-4-6-5-3-1;/h1,3,6,8-10,12H,4-5H2,2H3;3*1-5H;/b3-1?,11-7+;;;;/t6-,8-,9+,10-;;;;/m1..../s1. The maximum atomic E-state index is 10.6. The second kappa shape index (κ2) is 11.1. The summed E-state index contributed by atoms with van der Waals surface area (Å²) in [6.07, 6.45) is -0.498. The van der Waals surface area contributed by atoms with Crippen LogP contribution in [0.15, 0.2) is 106 Å². The Hall–Kier alpha value is -2.49. The second-order valence-electron chi connectivity index (χ2n) is 8.58. The van der Waals surface area contributed by atoms with Crippen LogP contribution in [0.3, 0.4) is 0 Å². The van der Waals surface area contributed by atoms with E-state index in [-0.39, 0.29) is 0 Å². The Morgan fingerprint density at radius 1 is 0.914 bits per heavy atom. The third-order valence-electron chi connectivity index (χ3n) is 6.55. The third kappa shape index (κ3) is 4.81. The second-order valence-corrected chi connectivity index (χ2v) is 19.1. The fraction of sp³-hybridized carbons (Fsp3) is 0.250. The zero-order chi connectivity index (χ0) is 24.1. The Balaban J connectivity index is 1.49. The van der Waals surface area contributed by atoms with Gasteiger partial charge in [-0.25, -0.2) is 0 Å². The van der Waals surface area contributed by atoms with Gasteiger partial charge in [0.15, 0.2) is 0 Å². The fourth-order valence-corrected chi connectivity index (χ4v) is 16.8. The number of rotatable bonds is 8. The van der Waals surface area contributed by atoms with Crippen LogP contribution in [0.25, 0.3) is 0 Å². The van der Waals surface area contributed by atoms with Crippen molar-refractivity contribution in [1.82, 2.24) is 0 Å². The minimum atomic E-state index is -3.51. The molecule has 0 aromatic heterocycles. The summed E-state index contributed by atoms with van der Waals surface area (Å²) in [6, 6.07) is 32.3. The molecule has 0 aliphatic carbocycles. The molecule has 2 aliphatic heterocycles. The van der Waals surface area contributed by atoms with Crippen LogP contribution in [0, 0.1) is 0 Å². The van der Waals surface area contributed by atoms with Gasteiger partial charge >= 0.3 is 210 Å². The van der Waals surface area contributed by atoms with Gasteiger partial charge in [0.05, 0.1) is 0 Å². The van der Waals surface area contributed by atoms with Crippen LogP contribution in [0.5, 0.6) is 0 Å². The summed E-state index contributed by atoms with van der Waals surface area (Å²) in [5.74, 6) is 0. The van der Waals surface area contributed by atoms with Gasteiger partial charge in [0.25, 0.3) is 0 Å². The first-order chi connectivity index (χ1) is 17.2. The van der Waals surface area contributed by atoms with Gasteiger partial charge in [0.1, 0.15) is 0 Å². The summed E-state index contributed by atoms with van der Waals surface area (Å²) in [6.45, 7) is 0.624. The molecule has 3 aromatic carbocycles. The fourth-order valence-electron chi connectivity index (χ4n) is 4.91. The van der Waals surface area contributed by atoms with E-state index < -0.39 is 43.0 Å². The van der Waals surface area contributed by atoms with E-state index in [4.69, 9.17) is 19.0 Å². The van der Waals surface area contributed by atoms with E-state index in [1.165, 1.54) is 17.8 Å². The molecule has 180 valence electrons. The zero-order valence-corrected chi connectivity index (χ0v) is 22.4. The number of hydrogen-bond acceptors (Lipinski definition) is 6. The van der Waals surface area contributed by atoms with Gasteiger partial charge in [-0.15, -0.1) is 0 Å². The number of aliphatic hydroxyl groups is 1. The van der Waals surface area contributed by atoms with Gasteiger partial charge in [-0.05, 0) is 0 Å². The van der Waals surface area contributed by atoms with Gasteiger partial charge in [0.2, 0.25) is 0 Å². The van der Waals surface area contributed by atoms with Gasteiger partial charge in [0, 0.05) is 0 Å². The van der Waals surface area contributed by atoms with Gasteiger partial charge in [-0.3, -0.25) is 0 Å². The Morgan fingerprint density at radius 2 is 1.46 bits per heavy atom. The van der Waals surface area contributed by atoms with E-state index in [0.29, 0.717) is 18.9 Å². The van der Waals surface area contributed by atoms with Gasteiger partial charge in [-0.1, -0.05) is 0 Å². The zero-order valence-electron chi connectivity index (χ0n) is 19.6. The van der Waals surface area contributed by atoms with E-state index in [1.807, 2.05) is 0 Å². The van der Waals surface area contributed by atoms with Crippen molar-refractivity contribution in [3.05, 3.63) is 101 Å². The van der Waals surface area contributed by atoms with Gasteiger partial charge in [-0.2, -0.15) is 0 Å². The number of ether oxygens (including phenoxy) is 3. The van der Waals surface area contributed by atoms with E-state index >= 15 is 0 Å². The average Bonchev–Trinajstić information content (AvgIpc) is 3.37. The molecule has 6 nitrogen and oxygen atoms in total. The number of oxime groups is 1. The van der Waals surface area contributed by atoms with E-state index in [9.17, 15) is 5.11 Å². The topological polar surface area (TPSA) is 69.5 Å². The van der Waals surface area contributed by atoms with Crippen molar-refractivity contribution in [2.45, 2.75) is 24.6 Å². The molecule has 2 bridgehead atoms. The van der Waals surface area contributed by atoms with Gasteiger partial charge < -0.3 is 0 Å². The molecule has 35 heavy (non-hydrogen) atoms. The van der Waals surface area contributed by atoms with Crippen molar-refractivity contribution in [3.63, 3.8) is 0 Å². The van der Waals surface area contributed by atoms with Crippen LogP contribution >= 0.6 is 0 Å². The predicted octanol–water partition coefficient (Wildman–Crippen LogP) is 1.76. The summed E-state index contributed by atoms with van der Waals surface area (Å²) >= 11 is -3.51. The molecule has 0 saturated carbocycles. The van der Waals surface area contributed by atoms with Crippen LogP contribution in [0.4, 0.5) is 0 Å². The molecule has 0 spiro atoms. The Kier molecular flexibility index (Phi) is 7.65. The van der Waals surface area contributed by atoms with Crippen molar-refractivity contribution in [3.8, 4) is 0 Å². The Bertz CT molecular complexity index is 1060. The van der Waals surface area contributed by atoms with Crippen LogP contribution < -0.4 is 10.7 Å². The monoisotopic (exact) mass is 579 g/mol. The van der Waals surface area contributed by atoms with Crippen molar-refractivity contribution in [2.75, 3.05) is 20.3 Å². The van der Waals surface area contributed by atoms with Crippen LogP contribution in [0.1, 0.15) is 0 Å². The molecule has 7 heteroatoms. The molecule has 2 heterocycles. The summed E-state index contributed by atoms with van der Waals surface area (Å²) < 4.78 is 24.1. The van der Waals surface area contributed by atoms with Crippen molar-refractivity contribution < 1.29 is 24.2 Å². The molecule has 1 N–H and O–H groups in total. The van der Waals surface area contributed by atoms with Crippen LogP contribution in [-0.2, 0) is 19.0 Å². The first-order valence-electron chi connectivity index (χ1n) is 11.8. The predicted molar refractivity (Wildman–Crippen MR) is 138 cm³/mol. The number of aliphatic hydroxyl groups excluding tert-OH is 1. The van der Waals surface area contributed by atoms with Crippen molar-refractivity contribution in [1.29, 1.82) is 0 Å². The molecule has 5 rings (SSSR count). The summed E-state index contributed by atoms with van der Waals surface area (Å²) in [5.41, 5.74) is 0.406. The summed E-state index contributed by atoms with van der Waals surface area (Å²) in [7, 11) is 1.46. The number of benzene rings is 3. The van der Waals surface area contributed by atoms with E-state index in [2.05, 4.69) is 106 Å². The molecule has 3 aromatic rings. The first-order valence-corrected chi connectivity index (χ1v) is 17.7. The quantitative estimate of drug-likeness (QED) is 0.326. The number of hydrogen-bond donors (Lipinski definition) is 1. The molecule has 4 atom stereocenters. The maximum absolute atomic E-state index is 10.6. The molecule has 2 fully saturated rings. The van der Waals surface area contributed by atoms with Crippen LogP contribution in [0.2, 0.25) is 0 Å². The van der Waals surface area contributed by atoms with Crippen LogP contribution in [-0.4, -0.2) is 74.1 Å². The molecular formula is C28H29NO5Sn. The normalized spacial score (nSPS) is 25.3. The van der Waals surface area contributed by atoms with E-state index in [1.54, 1.807) is 0 Å². The molecular weight excluding hydrogens is 549 g/mol. The average molecular weight is 578 g/mol. The van der Waals surface area contributed by atoms with Crippen molar-refractivity contribution >= 4 is 34.8 Å². The number of fused-ring (bicyclic) bond motifs is 2. The molecule has 2 saturated heterocycles. The van der Waals surface area contributed by atoms with E-state index in [0.717, 1.165) is 0 Å². The van der Waals surface area contributed by atoms with Crippen molar-refractivity contribution in [2.24, 2.45) is 5.16 Å². The number of nitrogens with zero attached hydrogens (tertiary/aromatic N) is 1.